The van der Waals surface area contributed by atoms with Gasteiger partial charge in [0.1, 0.15) is 23.3 Å². The summed E-state index contributed by atoms with van der Waals surface area (Å²) in [7, 11) is 0. The molecule has 0 unspecified atom stereocenters. The van der Waals surface area contributed by atoms with E-state index in [-0.39, 0.29) is 29.8 Å². The third-order valence-corrected chi connectivity index (χ3v) is 5.75. The van der Waals surface area contributed by atoms with Gasteiger partial charge in [-0.25, -0.2) is 9.07 Å². The normalized spacial score (nSPS) is 13.9. The molecule has 10 heteroatoms. The fourth-order valence-electron chi connectivity index (χ4n) is 3.93. The van der Waals surface area contributed by atoms with Crippen molar-refractivity contribution < 1.29 is 4.39 Å². The summed E-state index contributed by atoms with van der Waals surface area (Å²) in [6.07, 6.45) is 1.29. The number of nitrogen functional groups attached to an aromatic ring is 1. The second-order valence-corrected chi connectivity index (χ2v) is 7.86. The number of anilines is 2. The minimum Gasteiger partial charge on any atom is -0.382 e. The van der Waals surface area contributed by atoms with Crippen molar-refractivity contribution >= 4 is 41.4 Å². The quantitative estimate of drug-likeness (QED) is 0.203. The molecular formula is C24H28FIN8. The number of nitrogens with zero attached hydrogens (tertiary/aromatic N) is 6. The van der Waals surface area contributed by atoms with E-state index in [2.05, 4.69) is 26.0 Å². The average molecular weight is 574 g/mol. The molecule has 3 aromatic rings. The third-order valence-electron chi connectivity index (χ3n) is 5.75. The number of aryl methyl sites for hydroxylation is 1. The maximum atomic E-state index is 13.1. The number of nitriles is 1. The first kappa shape index (κ1) is 25.3. The third kappa shape index (κ3) is 5.77. The first-order valence-electron chi connectivity index (χ1n) is 10.9. The van der Waals surface area contributed by atoms with Crippen LogP contribution in [0.4, 0.5) is 15.9 Å². The Labute approximate surface area is 215 Å². The Balaban J connectivity index is 0.00000324. The Morgan fingerprint density at radius 1 is 1.03 bits per heavy atom. The zero-order valence-corrected chi connectivity index (χ0v) is 21.1. The van der Waals surface area contributed by atoms with E-state index >= 15 is 0 Å². The highest BCUT2D eigenvalue weighted by molar-refractivity contribution is 14.0. The molecule has 4 N–H and O–H groups in total. The number of hydrogen-bond acceptors (Lipinski definition) is 5. The molecule has 2 heterocycles. The topological polar surface area (TPSA) is 112 Å². The molecule has 0 bridgehead atoms. The van der Waals surface area contributed by atoms with Gasteiger partial charge in [0.2, 0.25) is 0 Å². The lowest BCUT2D eigenvalue weighted by Gasteiger charge is -2.36. The van der Waals surface area contributed by atoms with E-state index in [9.17, 15) is 9.65 Å². The van der Waals surface area contributed by atoms with Crippen molar-refractivity contribution in [2.45, 2.75) is 12.8 Å². The van der Waals surface area contributed by atoms with Crippen molar-refractivity contribution in [1.29, 1.82) is 5.26 Å². The monoisotopic (exact) mass is 574 g/mol. The van der Waals surface area contributed by atoms with Gasteiger partial charge in [-0.3, -0.25) is 4.99 Å². The van der Waals surface area contributed by atoms with Gasteiger partial charge in [0.25, 0.3) is 0 Å². The number of para-hydroxylation sites is 1. The largest absolute Gasteiger partial charge is 0.382 e. The molecule has 0 saturated carbocycles. The van der Waals surface area contributed by atoms with Crippen LogP contribution < -0.4 is 16.4 Å². The van der Waals surface area contributed by atoms with Crippen molar-refractivity contribution in [2.24, 2.45) is 10.7 Å². The molecule has 4 rings (SSSR count). The van der Waals surface area contributed by atoms with E-state index in [0.717, 1.165) is 37.6 Å². The van der Waals surface area contributed by atoms with E-state index in [1.54, 1.807) is 16.8 Å². The first-order valence-corrected chi connectivity index (χ1v) is 10.9. The molecule has 178 valence electrons. The summed E-state index contributed by atoms with van der Waals surface area (Å²) in [6, 6.07) is 18.2. The molecule has 1 fully saturated rings. The fraction of sp³-hybridized carbons (Fsp3) is 0.292. The van der Waals surface area contributed by atoms with Gasteiger partial charge in [-0.2, -0.15) is 10.4 Å². The number of nitrogens with two attached hydrogens (primary N) is 2. The van der Waals surface area contributed by atoms with Gasteiger partial charge >= 0.3 is 0 Å². The van der Waals surface area contributed by atoms with Crippen LogP contribution >= 0.6 is 24.0 Å². The maximum Gasteiger partial charge on any atom is 0.191 e. The molecule has 2 aromatic carbocycles. The van der Waals surface area contributed by atoms with Gasteiger partial charge in [0, 0.05) is 38.4 Å². The fourth-order valence-corrected chi connectivity index (χ4v) is 3.93. The summed E-state index contributed by atoms with van der Waals surface area (Å²) in [6.45, 7) is 3.63. The second kappa shape index (κ2) is 11.7. The smallest absolute Gasteiger partial charge is 0.191 e. The van der Waals surface area contributed by atoms with E-state index in [1.165, 1.54) is 12.1 Å². The first-order chi connectivity index (χ1) is 16.1. The molecule has 34 heavy (non-hydrogen) atoms. The Morgan fingerprint density at radius 3 is 2.35 bits per heavy atom. The number of aliphatic imine (C=N–C) groups is 1. The van der Waals surface area contributed by atoms with Crippen LogP contribution in [0.2, 0.25) is 0 Å². The zero-order valence-electron chi connectivity index (χ0n) is 18.8. The Morgan fingerprint density at radius 2 is 1.71 bits per heavy atom. The maximum absolute atomic E-state index is 13.1. The summed E-state index contributed by atoms with van der Waals surface area (Å²) >= 11 is 0. The van der Waals surface area contributed by atoms with Gasteiger partial charge in [0.05, 0.1) is 11.4 Å². The molecule has 0 radical (unpaired) electrons. The molecule has 0 spiro atoms. The zero-order chi connectivity index (χ0) is 23.2. The van der Waals surface area contributed by atoms with Crippen LogP contribution in [0, 0.1) is 17.1 Å². The van der Waals surface area contributed by atoms with E-state index in [4.69, 9.17) is 11.5 Å². The molecule has 1 aromatic heterocycles. The van der Waals surface area contributed by atoms with Crippen molar-refractivity contribution in [3.05, 3.63) is 71.7 Å². The summed E-state index contributed by atoms with van der Waals surface area (Å²) in [5.41, 5.74) is 15.3. The van der Waals surface area contributed by atoms with Crippen LogP contribution in [0.3, 0.4) is 0 Å². The lowest BCUT2D eigenvalue weighted by molar-refractivity contribution is 0.380. The van der Waals surface area contributed by atoms with Crippen LogP contribution in [0.15, 0.2) is 59.6 Å². The van der Waals surface area contributed by atoms with E-state index in [0.29, 0.717) is 42.4 Å². The molecule has 0 atom stereocenters. The van der Waals surface area contributed by atoms with Gasteiger partial charge in [-0.15, -0.1) is 24.0 Å². The minimum atomic E-state index is -0.231. The summed E-state index contributed by atoms with van der Waals surface area (Å²) in [5, 5.41) is 14.1. The van der Waals surface area contributed by atoms with Crippen LogP contribution in [0.1, 0.15) is 17.7 Å². The molecule has 1 aliphatic rings. The van der Waals surface area contributed by atoms with Crippen molar-refractivity contribution in [2.75, 3.05) is 43.4 Å². The van der Waals surface area contributed by atoms with Crippen LogP contribution in [0.25, 0.3) is 5.69 Å². The number of rotatable bonds is 6. The van der Waals surface area contributed by atoms with Crippen molar-refractivity contribution in [3.8, 4) is 11.8 Å². The van der Waals surface area contributed by atoms with Gasteiger partial charge in [0.15, 0.2) is 5.96 Å². The predicted octanol–water partition coefficient (Wildman–Crippen LogP) is 3.15. The summed E-state index contributed by atoms with van der Waals surface area (Å²) in [4.78, 5) is 8.79. The van der Waals surface area contributed by atoms with Crippen molar-refractivity contribution in [1.82, 2.24) is 14.7 Å². The second-order valence-electron chi connectivity index (χ2n) is 7.86. The SMILES string of the molecule is I.N#Cc1c(CCCN=C(N)N2CCN(c3ccc(F)cc3)CC2)nn(-c2ccccc2)c1N. The molecular weight excluding hydrogens is 546 g/mol. The van der Waals surface area contributed by atoms with Gasteiger partial charge in [-0.05, 0) is 49.2 Å². The highest BCUT2D eigenvalue weighted by Gasteiger charge is 2.19. The van der Waals surface area contributed by atoms with Gasteiger partial charge < -0.3 is 21.3 Å². The minimum absolute atomic E-state index is 0. The number of guanidine groups is 1. The lowest BCUT2D eigenvalue weighted by Crippen LogP contribution is -2.51. The lowest BCUT2D eigenvalue weighted by atomic mass is 10.1. The van der Waals surface area contributed by atoms with E-state index < -0.39 is 0 Å². The number of benzene rings is 2. The number of aromatic nitrogens is 2. The molecule has 8 nitrogen and oxygen atoms in total. The van der Waals surface area contributed by atoms with Crippen LogP contribution in [-0.4, -0.2) is 53.4 Å². The Hall–Kier alpha value is -3.33. The number of halogens is 2. The molecule has 1 aliphatic heterocycles. The van der Waals surface area contributed by atoms with E-state index in [1.807, 2.05) is 30.3 Å². The summed E-state index contributed by atoms with van der Waals surface area (Å²) < 4.78 is 14.7. The van der Waals surface area contributed by atoms with Crippen molar-refractivity contribution in [3.63, 3.8) is 0 Å². The number of piperazine rings is 1. The summed E-state index contributed by atoms with van der Waals surface area (Å²) in [5.74, 6) is 0.634. The average Bonchev–Trinajstić information content (AvgIpc) is 3.18. The highest BCUT2D eigenvalue weighted by Crippen LogP contribution is 2.21. The van der Waals surface area contributed by atoms with Crippen LogP contribution in [0.5, 0.6) is 0 Å². The van der Waals surface area contributed by atoms with Gasteiger partial charge in [-0.1, -0.05) is 18.2 Å². The molecule has 1 saturated heterocycles. The standard InChI is InChI=1S/C24H27FN8.HI/c25-18-8-10-19(11-9-18)31-13-15-32(16-14-31)24(28)29-12-4-7-22-21(17-26)23(27)33(30-22)20-5-2-1-3-6-20;/h1-3,5-6,8-11H,4,7,12-16,27H2,(H2,28,29);1H. The number of hydrogen-bond donors (Lipinski definition) is 2. The molecule has 0 aliphatic carbocycles. The van der Waals surface area contributed by atoms with Crippen LogP contribution in [-0.2, 0) is 6.42 Å². The molecule has 0 amide bonds. The highest BCUT2D eigenvalue weighted by atomic mass is 127. The Kier molecular flexibility index (Phi) is 8.70. The Bertz CT molecular complexity index is 1150. The predicted molar refractivity (Wildman–Crippen MR) is 143 cm³/mol.